The molecule has 10 heavy (non-hydrogen) atoms. The van der Waals surface area contributed by atoms with Crippen LogP contribution in [0.4, 0.5) is 0 Å². The summed E-state index contributed by atoms with van der Waals surface area (Å²) in [6.07, 6.45) is 0. The summed E-state index contributed by atoms with van der Waals surface area (Å²) in [5.41, 5.74) is 0. The number of hydrogen-bond acceptors (Lipinski definition) is 3. The van der Waals surface area contributed by atoms with Crippen LogP contribution in [0.5, 0.6) is 0 Å². The highest BCUT2D eigenvalue weighted by atomic mass is 31.2. The van der Waals surface area contributed by atoms with E-state index in [4.69, 9.17) is 0 Å². The Hall–Kier alpha value is 0.310. The van der Waals surface area contributed by atoms with Gasteiger partial charge in [-0.15, -0.1) is 0 Å². The maximum atomic E-state index is 2.59. The Morgan fingerprint density at radius 2 is 1.40 bits per heavy atom. The summed E-state index contributed by atoms with van der Waals surface area (Å²) in [6, 6.07) is 0. The van der Waals surface area contributed by atoms with E-state index in [0.29, 0.717) is 0 Å². The van der Waals surface area contributed by atoms with Crippen molar-refractivity contribution in [2.45, 2.75) is 0 Å². The van der Waals surface area contributed by atoms with Crippen LogP contribution in [0.2, 0.25) is 0 Å². The fraction of sp³-hybridized carbons (Fsp3) is 1.00. The molecule has 4 heteroatoms. The molecule has 0 amide bonds. The molecule has 0 aliphatic carbocycles. The lowest BCUT2D eigenvalue weighted by atomic mass is 10.5. The highest BCUT2D eigenvalue weighted by molar-refractivity contribution is 7.50. The Morgan fingerprint density at radius 1 is 0.900 bits per heavy atom. The lowest BCUT2D eigenvalue weighted by Gasteiger charge is -2.24. The Bertz CT molecular complexity index is 127. The first kappa shape index (κ1) is 6.99. The Balaban J connectivity index is 2.11. The third-order valence-corrected chi connectivity index (χ3v) is 4.75. The van der Waals surface area contributed by atoms with Crippen LogP contribution in [-0.2, 0) is 0 Å². The largest absolute Gasteiger partial charge is 0.259 e. The van der Waals surface area contributed by atoms with Crippen molar-refractivity contribution in [3.8, 4) is 0 Å². The van der Waals surface area contributed by atoms with Gasteiger partial charge in [-0.1, -0.05) is 0 Å². The smallest absolute Gasteiger partial charge is 0.119 e. The molecule has 0 N–H and O–H groups in total. The summed E-state index contributed by atoms with van der Waals surface area (Å²) in [6.45, 7) is 5.09. The van der Waals surface area contributed by atoms with Crippen molar-refractivity contribution in [2.75, 3.05) is 40.3 Å². The first-order chi connectivity index (χ1) is 4.79. The van der Waals surface area contributed by atoms with Gasteiger partial charge in [0.1, 0.15) is 8.37 Å². The van der Waals surface area contributed by atoms with Crippen molar-refractivity contribution in [2.24, 2.45) is 0 Å². The predicted molar refractivity (Wildman–Crippen MR) is 43.8 cm³/mol. The molecule has 2 aliphatic rings. The molecule has 0 saturated carbocycles. The zero-order chi connectivity index (χ0) is 7.14. The zero-order valence-electron chi connectivity index (χ0n) is 6.62. The first-order valence-electron chi connectivity index (χ1n) is 3.76. The van der Waals surface area contributed by atoms with E-state index >= 15 is 0 Å². The van der Waals surface area contributed by atoms with Crippen LogP contribution in [0.25, 0.3) is 0 Å². The van der Waals surface area contributed by atoms with E-state index in [1.54, 1.807) is 0 Å². The second-order valence-electron chi connectivity index (χ2n) is 2.98. The topological polar surface area (TPSA) is 9.72 Å². The number of rotatable bonds is 0. The first-order valence-corrected chi connectivity index (χ1v) is 4.96. The summed E-state index contributed by atoms with van der Waals surface area (Å²) in [4.78, 5) is 0. The number of fused-ring (bicyclic) bond motifs is 1. The molecule has 2 aliphatic heterocycles. The lowest BCUT2D eigenvalue weighted by Crippen LogP contribution is -2.17. The van der Waals surface area contributed by atoms with Gasteiger partial charge in [-0.3, -0.25) is 14.0 Å². The van der Waals surface area contributed by atoms with E-state index in [9.17, 15) is 0 Å². The van der Waals surface area contributed by atoms with Gasteiger partial charge in [-0.25, -0.2) is 0 Å². The molecule has 0 unspecified atom stereocenters. The van der Waals surface area contributed by atoms with Gasteiger partial charge in [0.25, 0.3) is 0 Å². The van der Waals surface area contributed by atoms with Gasteiger partial charge in [0.2, 0.25) is 0 Å². The normalized spacial score (nSPS) is 31.8. The summed E-state index contributed by atoms with van der Waals surface area (Å²) < 4.78 is 7.54. The van der Waals surface area contributed by atoms with Crippen LogP contribution in [0.1, 0.15) is 0 Å². The van der Waals surface area contributed by atoms with Crippen molar-refractivity contribution in [3.05, 3.63) is 0 Å². The molecule has 0 radical (unpaired) electrons. The molecular formula is C6H14N3P. The molecule has 0 bridgehead atoms. The van der Waals surface area contributed by atoms with E-state index in [-0.39, 0.29) is 8.37 Å². The van der Waals surface area contributed by atoms with Gasteiger partial charge >= 0.3 is 0 Å². The zero-order valence-corrected chi connectivity index (χ0v) is 7.51. The van der Waals surface area contributed by atoms with Gasteiger partial charge in [-0.2, -0.15) is 0 Å². The van der Waals surface area contributed by atoms with E-state index in [0.717, 1.165) is 0 Å². The highest BCUT2D eigenvalue weighted by Crippen LogP contribution is 2.52. The summed E-state index contributed by atoms with van der Waals surface area (Å²) in [7, 11) is 4.44. The summed E-state index contributed by atoms with van der Waals surface area (Å²) in [5.74, 6) is 0. The van der Waals surface area contributed by atoms with Crippen LogP contribution in [0, 0.1) is 0 Å². The monoisotopic (exact) mass is 159 g/mol. The van der Waals surface area contributed by atoms with Crippen LogP contribution < -0.4 is 0 Å². The van der Waals surface area contributed by atoms with Crippen LogP contribution in [0.3, 0.4) is 0 Å². The van der Waals surface area contributed by atoms with E-state index in [1.807, 2.05) is 0 Å². The van der Waals surface area contributed by atoms with Crippen LogP contribution in [0.15, 0.2) is 0 Å². The molecule has 2 fully saturated rings. The highest BCUT2D eigenvalue weighted by Gasteiger charge is 2.37. The van der Waals surface area contributed by atoms with Crippen molar-refractivity contribution in [1.29, 1.82) is 0 Å². The maximum Gasteiger partial charge on any atom is 0.119 e. The van der Waals surface area contributed by atoms with E-state index in [1.165, 1.54) is 26.2 Å². The maximum absolute atomic E-state index is 2.59. The van der Waals surface area contributed by atoms with Crippen molar-refractivity contribution in [3.63, 3.8) is 0 Å². The van der Waals surface area contributed by atoms with Gasteiger partial charge in [0.15, 0.2) is 0 Å². The third kappa shape index (κ3) is 0.892. The van der Waals surface area contributed by atoms with Gasteiger partial charge in [-0.05, 0) is 14.1 Å². The molecule has 0 aromatic heterocycles. The number of likely N-dealkylation sites (N-methyl/N-ethyl adjacent to an activating group) is 2. The molecule has 2 heterocycles. The lowest BCUT2D eigenvalue weighted by molar-refractivity contribution is 0.463. The van der Waals surface area contributed by atoms with Gasteiger partial charge < -0.3 is 0 Å². The number of hydrogen-bond donors (Lipinski definition) is 0. The minimum atomic E-state index is -0.0154. The van der Waals surface area contributed by atoms with Crippen molar-refractivity contribution in [1.82, 2.24) is 14.0 Å². The van der Waals surface area contributed by atoms with Crippen molar-refractivity contribution >= 4 is 8.37 Å². The van der Waals surface area contributed by atoms with Crippen LogP contribution >= 0.6 is 8.37 Å². The average Bonchev–Trinajstić information content (AvgIpc) is 2.40. The Kier molecular flexibility index (Phi) is 1.69. The molecule has 2 rings (SSSR count). The fourth-order valence-corrected chi connectivity index (χ4v) is 4.14. The minimum Gasteiger partial charge on any atom is -0.259 e. The molecule has 0 atom stereocenters. The molecule has 0 aromatic carbocycles. The molecule has 2 saturated heterocycles. The van der Waals surface area contributed by atoms with E-state index in [2.05, 4.69) is 28.1 Å². The average molecular weight is 159 g/mol. The quantitative estimate of drug-likeness (QED) is 0.474. The minimum absolute atomic E-state index is 0.0154. The predicted octanol–water partition coefficient (Wildman–Crippen LogP) is 0.406. The Morgan fingerprint density at radius 3 is 1.80 bits per heavy atom. The third-order valence-electron chi connectivity index (χ3n) is 2.23. The second-order valence-corrected chi connectivity index (χ2v) is 5.45. The standard InChI is InChI=1S/C6H14N3P/c1-7-3-5-9-6-4-8(2)10(7)9/h3-6H2,1-2H3. The second kappa shape index (κ2) is 2.42. The SMILES string of the molecule is CN1CCN2CCN(C)P12. The molecule has 0 spiro atoms. The molecule has 3 nitrogen and oxygen atoms in total. The fourth-order valence-electron chi connectivity index (χ4n) is 1.68. The molecule has 0 aromatic rings. The molecule has 58 valence electrons. The Labute approximate surface area is 63.5 Å². The number of nitrogens with zero attached hydrogens (tertiary/aromatic N) is 3. The summed E-state index contributed by atoms with van der Waals surface area (Å²) in [5, 5.41) is 0. The molecular weight excluding hydrogens is 145 g/mol. The van der Waals surface area contributed by atoms with Crippen LogP contribution in [-0.4, -0.2) is 54.3 Å². The summed E-state index contributed by atoms with van der Waals surface area (Å²) >= 11 is 0. The van der Waals surface area contributed by atoms with E-state index < -0.39 is 0 Å². The van der Waals surface area contributed by atoms with Crippen molar-refractivity contribution < 1.29 is 0 Å². The van der Waals surface area contributed by atoms with Gasteiger partial charge in [0.05, 0.1) is 0 Å². The van der Waals surface area contributed by atoms with Gasteiger partial charge in [0, 0.05) is 26.2 Å².